The molecule has 0 atom stereocenters. The van der Waals surface area contributed by atoms with E-state index in [0.717, 1.165) is 10.5 Å². The van der Waals surface area contributed by atoms with Gasteiger partial charge in [-0.15, -0.1) is 11.8 Å². The van der Waals surface area contributed by atoms with E-state index < -0.39 is 0 Å². The van der Waals surface area contributed by atoms with E-state index in [0.29, 0.717) is 5.56 Å². The summed E-state index contributed by atoms with van der Waals surface area (Å²) in [7, 11) is 0. The Kier molecular flexibility index (Phi) is 3.32. The fourth-order valence-corrected chi connectivity index (χ4v) is 1.77. The molecular formula is C10H10FNS. The molecule has 0 fully saturated rings. The van der Waals surface area contributed by atoms with Crippen LogP contribution < -0.4 is 0 Å². The van der Waals surface area contributed by atoms with Crippen molar-refractivity contribution in [3.05, 3.63) is 29.1 Å². The van der Waals surface area contributed by atoms with Gasteiger partial charge in [-0.1, -0.05) is 6.07 Å². The second-order valence-corrected chi connectivity index (χ2v) is 3.60. The molecule has 1 aromatic carbocycles. The number of hydrogen-bond donors (Lipinski definition) is 0. The Morgan fingerprint density at radius 1 is 1.54 bits per heavy atom. The van der Waals surface area contributed by atoms with E-state index in [9.17, 15) is 4.39 Å². The van der Waals surface area contributed by atoms with E-state index in [4.69, 9.17) is 5.26 Å². The van der Waals surface area contributed by atoms with E-state index in [1.807, 2.05) is 19.2 Å². The topological polar surface area (TPSA) is 23.8 Å². The number of aryl methyl sites for hydroxylation is 1. The van der Waals surface area contributed by atoms with E-state index in [2.05, 4.69) is 0 Å². The molecule has 0 N–H and O–H groups in total. The van der Waals surface area contributed by atoms with Gasteiger partial charge in [0.1, 0.15) is 5.82 Å². The second kappa shape index (κ2) is 4.29. The first-order valence-corrected chi connectivity index (χ1v) is 5.11. The zero-order valence-electron chi connectivity index (χ0n) is 7.60. The summed E-state index contributed by atoms with van der Waals surface area (Å²) in [5.41, 5.74) is 1.51. The quantitative estimate of drug-likeness (QED) is 0.677. The Labute approximate surface area is 81.6 Å². The Balaban J connectivity index is 3.14. The highest BCUT2D eigenvalue weighted by atomic mass is 32.2. The van der Waals surface area contributed by atoms with Gasteiger partial charge in [0, 0.05) is 10.5 Å². The number of halogens is 1. The molecule has 0 saturated heterocycles. The first-order chi connectivity index (χ1) is 6.19. The van der Waals surface area contributed by atoms with Crippen molar-refractivity contribution in [2.24, 2.45) is 0 Å². The zero-order valence-corrected chi connectivity index (χ0v) is 8.41. The summed E-state index contributed by atoms with van der Waals surface area (Å²) < 4.78 is 13.2. The van der Waals surface area contributed by atoms with E-state index in [1.54, 1.807) is 6.07 Å². The lowest BCUT2D eigenvalue weighted by Gasteiger charge is -2.05. The van der Waals surface area contributed by atoms with Crippen LogP contribution in [-0.2, 0) is 6.42 Å². The van der Waals surface area contributed by atoms with E-state index in [-0.39, 0.29) is 12.2 Å². The smallest absolute Gasteiger partial charge is 0.128 e. The van der Waals surface area contributed by atoms with Gasteiger partial charge in [0.2, 0.25) is 0 Å². The Morgan fingerprint density at radius 3 is 2.77 bits per heavy atom. The van der Waals surface area contributed by atoms with Gasteiger partial charge in [0.15, 0.2) is 0 Å². The number of rotatable bonds is 2. The number of nitrogens with zero attached hydrogens (tertiary/aromatic N) is 1. The summed E-state index contributed by atoms with van der Waals surface area (Å²) in [4.78, 5) is 0.930. The summed E-state index contributed by atoms with van der Waals surface area (Å²) in [5.74, 6) is -0.281. The van der Waals surface area contributed by atoms with Crippen molar-refractivity contribution in [3.8, 4) is 6.07 Å². The molecule has 0 aliphatic heterocycles. The molecular weight excluding hydrogens is 185 g/mol. The molecule has 1 aromatic rings. The van der Waals surface area contributed by atoms with Crippen molar-refractivity contribution >= 4 is 11.8 Å². The Hall–Kier alpha value is -1.01. The van der Waals surface area contributed by atoms with Crippen molar-refractivity contribution in [2.45, 2.75) is 18.2 Å². The first-order valence-electron chi connectivity index (χ1n) is 3.89. The predicted octanol–water partition coefficient (Wildman–Crippen LogP) is 2.92. The van der Waals surface area contributed by atoms with Crippen LogP contribution in [0, 0.1) is 24.1 Å². The van der Waals surface area contributed by atoms with Gasteiger partial charge in [0.05, 0.1) is 12.5 Å². The monoisotopic (exact) mass is 195 g/mol. The van der Waals surface area contributed by atoms with Crippen molar-refractivity contribution < 1.29 is 4.39 Å². The summed E-state index contributed by atoms with van der Waals surface area (Å²) in [6.45, 7) is 1.92. The maximum Gasteiger partial charge on any atom is 0.128 e. The van der Waals surface area contributed by atoms with Gasteiger partial charge >= 0.3 is 0 Å². The third kappa shape index (κ3) is 2.22. The number of thioether (sulfide) groups is 1. The Morgan fingerprint density at radius 2 is 2.23 bits per heavy atom. The van der Waals surface area contributed by atoms with Crippen LogP contribution in [-0.4, -0.2) is 6.26 Å². The van der Waals surface area contributed by atoms with Gasteiger partial charge in [-0.05, 0) is 24.8 Å². The van der Waals surface area contributed by atoms with E-state index in [1.165, 1.54) is 17.8 Å². The lowest BCUT2D eigenvalue weighted by atomic mass is 10.1. The predicted molar refractivity (Wildman–Crippen MR) is 52.2 cm³/mol. The van der Waals surface area contributed by atoms with Crippen LogP contribution in [0.15, 0.2) is 17.0 Å². The Bertz CT molecular complexity index is 355. The first kappa shape index (κ1) is 10.1. The van der Waals surface area contributed by atoms with Crippen LogP contribution in [0.5, 0.6) is 0 Å². The molecule has 3 heteroatoms. The van der Waals surface area contributed by atoms with Crippen LogP contribution in [0.3, 0.4) is 0 Å². The highest BCUT2D eigenvalue weighted by Gasteiger charge is 2.05. The molecule has 0 spiro atoms. The van der Waals surface area contributed by atoms with Crippen molar-refractivity contribution in [2.75, 3.05) is 6.26 Å². The molecule has 13 heavy (non-hydrogen) atoms. The summed E-state index contributed by atoms with van der Waals surface area (Å²) >= 11 is 1.51. The van der Waals surface area contributed by atoms with Crippen LogP contribution in [0.4, 0.5) is 4.39 Å². The van der Waals surface area contributed by atoms with Crippen LogP contribution in [0.25, 0.3) is 0 Å². The molecule has 0 bridgehead atoms. The minimum Gasteiger partial charge on any atom is -0.207 e. The molecule has 0 heterocycles. The summed E-state index contributed by atoms with van der Waals surface area (Å²) in [5, 5.41) is 8.44. The summed E-state index contributed by atoms with van der Waals surface area (Å²) in [6.07, 6.45) is 2.05. The van der Waals surface area contributed by atoms with Crippen LogP contribution in [0.2, 0.25) is 0 Å². The largest absolute Gasteiger partial charge is 0.207 e. The highest BCUT2D eigenvalue weighted by molar-refractivity contribution is 7.98. The fourth-order valence-electron chi connectivity index (χ4n) is 1.16. The minimum absolute atomic E-state index is 0.140. The van der Waals surface area contributed by atoms with Gasteiger partial charge in [0.25, 0.3) is 0 Å². The normalized spacial score (nSPS) is 9.69. The maximum atomic E-state index is 13.2. The molecule has 0 radical (unpaired) electrons. The van der Waals surface area contributed by atoms with Gasteiger partial charge in [-0.2, -0.15) is 5.26 Å². The van der Waals surface area contributed by atoms with E-state index >= 15 is 0 Å². The number of benzene rings is 1. The molecule has 68 valence electrons. The third-order valence-corrected chi connectivity index (χ3v) is 2.71. The van der Waals surface area contributed by atoms with Crippen LogP contribution in [0.1, 0.15) is 11.1 Å². The lowest BCUT2D eigenvalue weighted by Crippen LogP contribution is -1.91. The average molecular weight is 195 g/mol. The molecule has 1 nitrogen and oxygen atoms in total. The molecule has 0 amide bonds. The highest BCUT2D eigenvalue weighted by Crippen LogP contribution is 2.23. The SMILES string of the molecule is CSc1cc(F)c(CC#N)cc1C. The van der Waals surface area contributed by atoms with Crippen molar-refractivity contribution in [1.82, 2.24) is 0 Å². The standard InChI is InChI=1S/C10H10FNS/c1-7-5-8(3-4-12)9(11)6-10(7)13-2/h5-6H,3H2,1-2H3. The zero-order chi connectivity index (χ0) is 9.84. The van der Waals surface area contributed by atoms with Gasteiger partial charge in [-0.3, -0.25) is 0 Å². The molecule has 0 aliphatic rings. The third-order valence-electron chi connectivity index (χ3n) is 1.83. The van der Waals surface area contributed by atoms with Crippen molar-refractivity contribution in [3.63, 3.8) is 0 Å². The molecule has 0 aromatic heterocycles. The molecule has 1 rings (SSSR count). The summed E-state index contributed by atoms with van der Waals surface area (Å²) in [6, 6.07) is 5.18. The maximum absolute atomic E-state index is 13.2. The number of hydrogen-bond acceptors (Lipinski definition) is 2. The molecule has 0 aliphatic carbocycles. The van der Waals surface area contributed by atoms with Gasteiger partial charge in [-0.25, -0.2) is 4.39 Å². The lowest BCUT2D eigenvalue weighted by molar-refractivity contribution is 0.610. The number of nitriles is 1. The van der Waals surface area contributed by atoms with Crippen LogP contribution >= 0.6 is 11.8 Å². The fraction of sp³-hybridized carbons (Fsp3) is 0.300. The molecule has 0 saturated carbocycles. The average Bonchev–Trinajstić information content (AvgIpc) is 2.11. The van der Waals surface area contributed by atoms with Crippen molar-refractivity contribution in [1.29, 1.82) is 5.26 Å². The van der Waals surface area contributed by atoms with Gasteiger partial charge < -0.3 is 0 Å². The minimum atomic E-state index is -0.281. The second-order valence-electron chi connectivity index (χ2n) is 2.75. The molecule has 0 unspecified atom stereocenters.